The van der Waals surface area contributed by atoms with Gasteiger partial charge in [0.2, 0.25) is 0 Å². The van der Waals surface area contributed by atoms with Gasteiger partial charge in [-0.25, -0.2) is 0 Å². The second-order valence-corrected chi connectivity index (χ2v) is 3.57. The Kier molecular flexibility index (Phi) is 3.52. The maximum atomic E-state index is 12.3. The van der Waals surface area contributed by atoms with E-state index in [0.717, 1.165) is 0 Å². The number of hydrogen-bond donors (Lipinski definition) is 2. The van der Waals surface area contributed by atoms with Gasteiger partial charge in [-0.3, -0.25) is 0 Å². The zero-order chi connectivity index (χ0) is 10.8. The molecule has 0 saturated carbocycles. The lowest BCUT2D eigenvalue weighted by Crippen LogP contribution is -2.31. The topological polar surface area (TPSA) is 32.3 Å². The Balaban J connectivity index is 2.96. The van der Waals surface area contributed by atoms with E-state index < -0.39 is 12.2 Å². The highest BCUT2D eigenvalue weighted by molar-refractivity contribution is 9.10. The van der Waals surface area contributed by atoms with Crippen molar-refractivity contribution in [1.29, 1.82) is 0 Å². The highest BCUT2D eigenvalue weighted by Crippen LogP contribution is 2.32. The summed E-state index contributed by atoms with van der Waals surface area (Å²) < 4.78 is 37.5. The lowest BCUT2D eigenvalue weighted by molar-refractivity contribution is -0.178. The second kappa shape index (κ2) is 4.29. The van der Waals surface area contributed by atoms with Crippen molar-refractivity contribution in [3.63, 3.8) is 0 Å². The molecule has 0 bridgehead atoms. The average Bonchev–Trinajstić information content (AvgIpc) is 2.07. The Bertz CT molecular complexity index is 298. The Morgan fingerprint density at radius 2 is 1.71 bits per heavy atom. The predicted molar refractivity (Wildman–Crippen MR) is 47.9 cm³/mol. The molecule has 0 saturated heterocycles. The summed E-state index contributed by atoms with van der Waals surface area (Å²) in [5.41, 5.74) is 1.20. The summed E-state index contributed by atoms with van der Waals surface area (Å²) >= 11 is 3.10. The summed E-state index contributed by atoms with van der Waals surface area (Å²) in [5.74, 6) is 0. The zero-order valence-corrected chi connectivity index (χ0v) is 8.43. The SMILES string of the molecule is ONC(c1ccc(Br)cc1)C(F)(F)F. The third-order valence-electron chi connectivity index (χ3n) is 1.66. The summed E-state index contributed by atoms with van der Waals surface area (Å²) in [7, 11) is 0. The van der Waals surface area contributed by atoms with Crippen molar-refractivity contribution in [3.05, 3.63) is 34.3 Å². The molecule has 1 aromatic rings. The molecule has 0 spiro atoms. The van der Waals surface area contributed by atoms with E-state index in [2.05, 4.69) is 15.9 Å². The minimum Gasteiger partial charge on any atom is -0.316 e. The molecular weight excluding hydrogens is 263 g/mol. The predicted octanol–water partition coefficient (Wildman–Crippen LogP) is 3.03. The van der Waals surface area contributed by atoms with Gasteiger partial charge in [-0.05, 0) is 17.7 Å². The second-order valence-electron chi connectivity index (χ2n) is 2.66. The summed E-state index contributed by atoms with van der Waals surface area (Å²) in [6.07, 6.45) is -4.51. The van der Waals surface area contributed by atoms with Gasteiger partial charge in [-0.15, -0.1) is 0 Å². The van der Waals surface area contributed by atoms with Gasteiger partial charge in [0.15, 0.2) is 6.04 Å². The number of alkyl halides is 3. The third-order valence-corrected chi connectivity index (χ3v) is 2.19. The van der Waals surface area contributed by atoms with E-state index in [-0.39, 0.29) is 5.56 Å². The fourth-order valence-corrected chi connectivity index (χ4v) is 1.26. The molecule has 0 fully saturated rings. The number of hydroxylamine groups is 1. The van der Waals surface area contributed by atoms with E-state index >= 15 is 0 Å². The van der Waals surface area contributed by atoms with Crippen LogP contribution in [0.3, 0.4) is 0 Å². The minimum atomic E-state index is -4.51. The Morgan fingerprint density at radius 3 is 2.07 bits per heavy atom. The first-order chi connectivity index (χ1) is 6.45. The molecule has 0 aromatic heterocycles. The van der Waals surface area contributed by atoms with Gasteiger partial charge in [0.1, 0.15) is 0 Å². The normalized spacial score (nSPS) is 14.1. The van der Waals surface area contributed by atoms with Gasteiger partial charge in [0.05, 0.1) is 0 Å². The fraction of sp³-hybridized carbons (Fsp3) is 0.250. The van der Waals surface area contributed by atoms with E-state index in [0.29, 0.717) is 4.47 Å². The Labute approximate surface area is 86.8 Å². The molecule has 1 unspecified atom stereocenters. The third kappa shape index (κ3) is 2.70. The molecule has 14 heavy (non-hydrogen) atoms. The fourth-order valence-electron chi connectivity index (χ4n) is 0.992. The van der Waals surface area contributed by atoms with Gasteiger partial charge >= 0.3 is 6.18 Å². The highest BCUT2D eigenvalue weighted by atomic mass is 79.9. The summed E-state index contributed by atoms with van der Waals surface area (Å²) in [5, 5.41) is 8.40. The molecule has 0 aliphatic heterocycles. The number of hydrogen-bond acceptors (Lipinski definition) is 2. The number of halogens is 4. The van der Waals surface area contributed by atoms with E-state index in [1.165, 1.54) is 29.7 Å². The molecule has 0 amide bonds. The van der Waals surface area contributed by atoms with Crippen LogP contribution in [0.4, 0.5) is 13.2 Å². The Morgan fingerprint density at radius 1 is 1.21 bits per heavy atom. The number of rotatable bonds is 2. The van der Waals surface area contributed by atoms with Crippen molar-refractivity contribution in [3.8, 4) is 0 Å². The number of benzene rings is 1. The highest BCUT2D eigenvalue weighted by Gasteiger charge is 2.40. The van der Waals surface area contributed by atoms with Gasteiger partial charge < -0.3 is 5.21 Å². The van der Waals surface area contributed by atoms with Crippen LogP contribution in [0.1, 0.15) is 11.6 Å². The molecule has 1 aromatic carbocycles. The van der Waals surface area contributed by atoms with Crippen LogP contribution in [0.5, 0.6) is 0 Å². The molecule has 1 atom stereocenters. The first-order valence-corrected chi connectivity index (χ1v) is 4.46. The van der Waals surface area contributed by atoms with E-state index in [1.807, 2.05) is 0 Å². The van der Waals surface area contributed by atoms with Crippen LogP contribution in [0.15, 0.2) is 28.7 Å². The van der Waals surface area contributed by atoms with Crippen LogP contribution in [-0.4, -0.2) is 11.4 Å². The monoisotopic (exact) mass is 269 g/mol. The molecule has 2 nitrogen and oxygen atoms in total. The molecule has 1 rings (SSSR count). The van der Waals surface area contributed by atoms with Gasteiger partial charge in [-0.2, -0.15) is 18.7 Å². The molecule has 0 aliphatic carbocycles. The van der Waals surface area contributed by atoms with Crippen LogP contribution in [0, 0.1) is 0 Å². The average molecular weight is 270 g/mol. The molecule has 0 radical (unpaired) electrons. The van der Waals surface area contributed by atoms with E-state index in [9.17, 15) is 13.2 Å². The smallest absolute Gasteiger partial charge is 0.316 e. The van der Waals surface area contributed by atoms with Crippen LogP contribution in [0.2, 0.25) is 0 Å². The van der Waals surface area contributed by atoms with Crippen LogP contribution in [0.25, 0.3) is 0 Å². The molecule has 6 heteroatoms. The molecule has 78 valence electrons. The summed E-state index contributed by atoms with van der Waals surface area (Å²) in [6, 6.07) is 3.48. The van der Waals surface area contributed by atoms with E-state index in [4.69, 9.17) is 5.21 Å². The van der Waals surface area contributed by atoms with E-state index in [1.54, 1.807) is 0 Å². The summed E-state index contributed by atoms with van der Waals surface area (Å²) in [6.45, 7) is 0. The van der Waals surface area contributed by atoms with Crippen molar-refractivity contribution in [2.45, 2.75) is 12.2 Å². The van der Waals surface area contributed by atoms with Crippen molar-refractivity contribution >= 4 is 15.9 Å². The zero-order valence-electron chi connectivity index (χ0n) is 6.85. The van der Waals surface area contributed by atoms with Crippen LogP contribution < -0.4 is 5.48 Å². The molecule has 0 heterocycles. The standard InChI is InChI=1S/C8H7BrF3NO/c9-6-3-1-5(2-4-6)7(13-14)8(10,11)12/h1-4,7,13-14H. The first kappa shape index (κ1) is 11.5. The lowest BCUT2D eigenvalue weighted by atomic mass is 10.1. The molecular formula is C8H7BrF3NO. The van der Waals surface area contributed by atoms with Crippen LogP contribution >= 0.6 is 15.9 Å². The van der Waals surface area contributed by atoms with Crippen molar-refractivity contribution < 1.29 is 18.4 Å². The van der Waals surface area contributed by atoms with Crippen molar-refractivity contribution in [2.24, 2.45) is 0 Å². The molecule has 2 N–H and O–H groups in total. The quantitative estimate of drug-likeness (QED) is 0.809. The van der Waals surface area contributed by atoms with Gasteiger partial charge in [0.25, 0.3) is 0 Å². The summed E-state index contributed by atoms with van der Waals surface area (Å²) in [4.78, 5) is 0. The van der Waals surface area contributed by atoms with Crippen molar-refractivity contribution in [2.75, 3.05) is 0 Å². The van der Waals surface area contributed by atoms with Crippen LogP contribution in [-0.2, 0) is 0 Å². The Hall–Kier alpha value is -0.590. The maximum Gasteiger partial charge on any atom is 0.410 e. The lowest BCUT2D eigenvalue weighted by Gasteiger charge is -2.18. The maximum absolute atomic E-state index is 12.3. The largest absolute Gasteiger partial charge is 0.410 e. The van der Waals surface area contributed by atoms with Gasteiger partial charge in [0, 0.05) is 4.47 Å². The number of nitrogens with one attached hydrogen (secondary N) is 1. The van der Waals surface area contributed by atoms with Gasteiger partial charge in [-0.1, -0.05) is 28.1 Å². The van der Waals surface area contributed by atoms with Crippen molar-refractivity contribution in [1.82, 2.24) is 5.48 Å². The first-order valence-electron chi connectivity index (χ1n) is 3.67. The minimum absolute atomic E-state index is 0.0387. The molecule has 0 aliphatic rings.